The van der Waals surface area contributed by atoms with Gasteiger partial charge in [-0.3, -0.25) is 4.79 Å². The highest BCUT2D eigenvalue weighted by atomic mass is 79.9. The number of carbonyl (C=O) groups is 1. The van der Waals surface area contributed by atoms with Crippen molar-refractivity contribution in [2.24, 2.45) is 0 Å². The number of hydrogen-bond acceptors (Lipinski definition) is 3. The van der Waals surface area contributed by atoms with Crippen LogP contribution < -0.4 is 10.6 Å². The normalized spacial score (nSPS) is 10.2. The monoisotopic (exact) mass is 385 g/mol. The molecule has 24 heavy (non-hydrogen) atoms. The highest BCUT2D eigenvalue weighted by Gasteiger charge is 2.08. The van der Waals surface area contributed by atoms with E-state index in [0.717, 1.165) is 4.47 Å². The van der Waals surface area contributed by atoms with Crippen LogP contribution in [0.5, 0.6) is 0 Å². The predicted molar refractivity (Wildman–Crippen MR) is 96.0 cm³/mol. The number of nitrogens with zero attached hydrogens (tertiary/aromatic N) is 1. The Morgan fingerprint density at radius 2 is 1.67 bits per heavy atom. The number of hydrogen-bond donors (Lipinski definition) is 2. The van der Waals surface area contributed by atoms with Crippen LogP contribution in [-0.4, -0.2) is 10.9 Å². The average Bonchev–Trinajstić information content (AvgIpc) is 2.59. The Hall–Kier alpha value is -2.73. The Kier molecular flexibility index (Phi) is 4.86. The lowest BCUT2D eigenvalue weighted by molar-refractivity contribution is 0.102. The molecule has 6 heteroatoms. The second kappa shape index (κ2) is 7.23. The van der Waals surface area contributed by atoms with Gasteiger partial charge in [0.2, 0.25) is 0 Å². The van der Waals surface area contributed by atoms with Crippen molar-refractivity contribution in [1.29, 1.82) is 0 Å². The second-order valence-electron chi connectivity index (χ2n) is 5.00. The van der Waals surface area contributed by atoms with Gasteiger partial charge in [-0.05, 0) is 48.5 Å². The third-order valence-corrected chi connectivity index (χ3v) is 3.78. The van der Waals surface area contributed by atoms with Crippen molar-refractivity contribution in [2.75, 3.05) is 10.6 Å². The summed E-state index contributed by atoms with van der Waals surface area (Å²) in [5.41, 5.74) is 1.90. The lowest BCUT2D eigenvalue weighted by Gasteiger charge is -2.08. The highest BCUT2D eigenvalue weighted by Crippen LogP contribution is 2.19. The maximum absolute atomic E-state index is 13.6. The minimum Gasteiger partial charge on any atom is -0.352 e. The number of rotatable bonds is 4. The van der Waals surface area contributed by atoms with Crippen molar-refractivity contribution in [3.63, 3.8) is 0 Å². The number of pyridine rings is 1. The summed E-state index contributed by atoms with van der Waals surface area (Å²) >= 11 is 3.34. The smallest absolute Gasteiger partial charge is 0.274 e. The van der Waals surface area contributed by atoms with Gasteiger partial charge in [0.1, 0.15) is 11.5 Å². The zero-order valence-electron chi connectivity index (χ0n) is 12.5. The lowest BCUT2D eigenvalue weighted by Crippen LogP contribution is -2.13. The molecule has 0 saturated heterocycles. The number of carbonyl (C=O) groups excluding carboxylic acids is 1. The number of para-hydroxylation sites is 1. The Morgan fingerprint density at radius 3 is 2.33 bits per heavy atom. The molecule has 1 amide bonds. The van der Waals surface area contributed by atoms with Gasteiger partial charge >= 0.3 is 0 Å². The van der Waals surface area contributed by atoms with E-state index in [1.54, 1.807) is 42.5 Å². The van der Waals surface area contributed by atoms with Crippen LogP contribution in [0, 0.1) is 5.82 Å². The maximum Gasteiger partial charge on any atom is 0.274 e. The molecule has 0 aliphatic carbocycles. The van der Waals surface area contributed by atoms with Crippen molar-refractivity contribution in [1.82, 2.24) is 4.98 Å². The summed E-state index contributed by atoms with van der Waals surface area (Å²) in [4.78, 5) is 16.3. The van der Waals surface area contributed by atoms with Gasteiger partial charge < -0.3 is 10.6 Å². The first kappa shape index (κ1) is 16.1. The number of anilines is 3. The SMILES string of the molecule is O=C(Nc1ccc(Br)cc1)c1ccc(Nc2ccccc2F)cn1. The topological polar surface area (TPSA) is 54.0 Å². The molecule has 0 saturated carbocycles. The quantitative estimate of drug-likeness (QED) is 0.665. The maximum atomic E-state index is 13.6. The first-order valence-corrected chi connectivity index (χ1v) is 7.95. The minimum absolute atomic E-state index is 0.275. The first-order valence-electron chi connectivity index (χ1n) is 7.16. The molecule has 0 atom stereocenters. The molecule has 0 unspecified atom stereocenters. The molecule has 0 radical (unpaired) electrons. The van der Waals surface area contributed by atoms with Crippen LogP contribution in [0.3, 0.4) is 0 Å². The van der Waals surface area contributed by atoms with Crippen LogP contribution in [0.25, 0.3) is 0 Å². The molecule has 2 aromatic carbocycles. The fourth-order valence-corrected chi connectivity index (χ4v) is 2.31. The van der Waals surface area contributed by atoms with Crippen LogP contribution in [0.4, 0.5) is 21.5 Å². The summed E-state index contributed by atoms with van der Waals surface area (Å²) in [6, 6.07) is 16.9. The van der Waals surface area contributed by atoms with E-state index in [0.29, 0.717) is 17.1 Å². The van der Waals surface area contributed by atoms with Crippen LogP contribution in [0.2, 0.25) is 0 Å². The molecule has 0 bridgehead atoms. The van der Waals surface area contributed by atoms with Crippen LogP contribution in [0.15, 0.2) is 71.3 Å². The molecule has 2 N–H and O–H groups in total. The standard InChI is InChI=1S/C18H13BrFN3O/c19-12-5-7-13(8-6-12)23-18(24)17-10-9-14(11-21-17)22-16-4-2-1-3-15(16)20/h1-11,22H,(H,23,24). The number of amides is 1. The average molecular weight is 386 g/mol. The Balaban J connectivity index is 1.68. The summed E-state index contributed by atoms with van der Waals surface area (Å²) in [6.45, 7) is 0. The van der Waals surface area contributed by atoms with Gasteiger partial charge in [-0.2, -0.15) is 0 Å². The fraction of sp³-hybridized carbons (Fsp3) is 0. The van der Waals surface area contributed by atoms with Crippen molar-refractivity contribution < 1.29 is 9.18 Å². The first-order chi connectivity index (χ1) is 11.6. The van der Waals surface area contributed by atoms with Gasteiger partial charge in [0.05, 0.1) is 17.6 Å². The predicted octanol–water partition coefficient (Wildman–Crippen LogP) is 4.98. The summed E-state index contributed by atoms with van der Waals surface area (Å²) in [5, 5.41) is 5.68. The number of aromatic nitrogens is 1. The Labute approximate surface area is 146 Å². The number of halogens is 2. The fourth-order valence-electron chi connectivity index (χ4n) is 2.05. The molecule has 0 fully saturated rings. The van der Waals surface area contributed by atoms with Crippen LogP contribution >= 0.6 is 15.9 Å². The van der Waals surface area contributed by atoms with Crippen molar-refractivity contribution in [2.45, 2.75) is 0 Å². The van der Waals surface area contributed by atoms with Crippen LogP contribution in [0.1, 0.15) is 10.5 Å². The van der Waals surface area contributed by atoms with Crippen molar-refractivity contribution >= 4 is 38.9 Å². The van der Waals surface area contributed by atoms with Crippen molar-refractivity contribution in [3.05, 3.63) is 82.8 Å². The Morgan fingerprint density at radius 1 is 0.958 bits per heavy atom. The lowest BCUT2D eigenvalue weighted by atomic mass is 10.2. The number of nitrogens with one attached hydrogen (secondary N) is 2. The van der Waals surface area contributed by atoms with E-state index < -0.39 is 0 Å². The van der Waals surface area contributed by atoms with E-state index in [4.69, 9.17) is 0 Å². The van der Waals surface area contributed by atoms with Gasteiger partial charge in [-0.1, -0.05) is 28.1 Å². The molecule has 0 aliphatic heterocycles. The van der Waals surface area contributed by atoms with Gasteiger partial charge in [-0.15, -0.1) is 0 Å². The highest BCUT2D eigenvalue weighted by molar-refractivity contribution is 9.10. The zero-order chi connectivity index (χ0) is 16.9. The zero-order valence-corrected chi connectivity index (χ0v) is 14.0. The summed E-state index contributed by atoms with van der Waals surface area (Å²) in [6.07, 6.45) is 1.49. The molecule has 120 valence electrons. The molecule has 0 aliphatic rings. The Bertz CT molecular complexity index is 851. The van der Waals surface area contributed by atoms with E-state index in [-0.39, 0.29) is 17.4 Å². The van der Waals surface area contributed by atoms with Gasteiger partial charge in [-0.25, -0.2) is 9.37 Å². The minimum atomic E-state index is -0.352. The van der Waals surface area contributed by atoms with Gasteiger partial charge in [0.25, 0.3) is 5.91 Å². The van der Waals surface area contributed by atoms with Crippen LogP contribution in [-0.2, 0) is 0 Å². The largest absolute Gasteiger partial charge is 0.352 e. The third-order valence-electron chi connectivity index (χ3n) is 3.25. The molecule has 0 spiro atoms. The molecule has 3 aromatic rings. The molecular formula is C18H13BrFN3O. The van der Waals surface area contributed by atoms with E-state index in [2.05, 4.69) is 31.5 Å². The van der Waals surface area contributed by atoms with Gasteiger partial charge in [0, 0.05) is 10.2 Å². The molecule has 3 rings (SSSR count). The summed E-state index contributed by atoms with van der Waals surface area (Å²) < 4.78 is 14.5. The van der Waals surface area contributed by atoms with E-state index >= 15 is 0 Å². The molecule has 1 aromatic heterocycles. The molecular weight excluding hydrogens is 373 g/mol. The van der Waals surface area contributed by atoms with E-state index in [9.17, 15) is 9.18 Å². The molecule has 4 nitrogen and oxygen atoms in total. The third kappa shape index (κ3) is 3.97. The van der Waals surface area contributed by atoms with E-state index in [1.807, 2.05) is 12.1 Å². The second-order valence-corrected chi connectivity index (χ2v) is 5.91. The van der Waals surface area contributed by atoms with E-state index in [1.165, 1.54) is 12.3 Å². The van der Waals surface area contributed by atoms with Crippen molar-refractivity contribution in [3.8, 4) is 0 Å². The number of benzene rings is 2. The summed E-state index contributed by atoms with van der Waals surface area (Å²) in [7, 11) is 0. The summed E-state index contributed by atoms with van der Waals surface area (Å²) in [5.74, 6) is -0.663. The van der Waals surface area contributed by atoms with Gasteiger partial charge in [0.15, 0.2) is 0 Å². The molecule has 1 heterocycles.